The highest BCUT2D eigenvalue weighted by atomic mass is 16.1. The molecule has 3 heteroatoms. The largest absolute Gasteiger partial charge is 0.325 e. The summed E-state index contributed by atoms with van der Waals surface area (Å²) in [6.45, 7) is 2.05. The number of aryl methyl sites for hydroxylation is 1. The molecule has 0 spiro atoms. The number of pyridine rings is 1. The first-order valence-electron chi connectivity index (χ1n) is 9.29. The summed E-state index contributed by atoms with van der Waals surface area (Å²) in [6, 6.07) is 8.04. The van der Waals surface area contributed by atoms with Crippen LogP contribution in [0, 0.1) is 18.3 Å². The number of nitrogens with zero attached hydrogens (tertiary/aromatic N) is 1. The average molecular weight is 322 g/mol. The molecule has 0 aliphatic heterocycles. The Morgan fingerprint density at radius 1 is 1.25 bits per heavy atom. The van der Waals surface area contributed by atoms with Gasteiger partial charge in [0.15, 0.2) is 0 Å². The van der Waals surface area contributed by atoms with E-state index in [1.54, 1.807) is 6.20 Å². The van der Waals surface area contributed by atoms with E-state index in [1.165, 1.54) is 44.9 Å². The molecule has 24 heavy (non-hydrogen) atoms. The summed E-state index contributed by atoms with van der Waals surface area (Å²) in [5.41, 5.74) is 3.24. The monoisotopic (exact) mass is 322 g/mol. The van der Waals surface area contributed by atoms with Crippen LogP contribution >= 0.6 is 0 Å². The first-order valence-corrected chi connectivity index (χ1v) is 9.29. The number of fused-ring (bicyclic) bond motifs is 3. The molecule has 0 radical (unpaired) electrons. The maximum atomic E-state index is 12.8. The van der Waals surface area contributed by atoms with Crippen LogP contribution < -0.4 is 5.32 Å². The third kappa shape index (κ3) is 2.92. The number of amides is 1. The van der Waals surface area contributed by atoms with E-state index in [0.29, 0.717) is 6.42 Å². The van der Waals surface area contributed by atoms with Crippen LogP contribution in [0.2, 0.25) is 0 Å². The Balaban J connectivity index is 1.55. The average Bonchev–Trinajstić information content (AvgIpc) is 2.57. The zero-order valence-electron chi connectivity index (χ0n) is 14.5. The van der Waals surface area contributed by atoms with Crippen LogP contribution in [0.25, 0.3) is 10.9 Å². The predicted molar refractivity (Wildman–Crippen MR) is 98.0 cm³/mol. The second-order valence-electron chi connectivity index (χ2n) is 7.91. The highest BCUT2D eigenvalue weighted by Gasteiger charge is 2.40. The molecule has 2 aliphatic rings. The molecule has 0 unspecified atom stereocenters. The van der Waals surface area contributed by atoms with Gasteiger partial charge < -0.3 is 5.32 Å². The minimum atomic E-state index is 0.178. The summed E-state index contributed by atoms with van der Waals surface area (Å²) in [5, 5.41) is 4.26. The molecule has 2 aromatic rings. The molecular formula is C21H26N2O. The van der Waals surface area contributed by atoms with E-state index in [9.17, 15) is 4.79 Å². The molecule has 1 aromatic carbocycles. The lowest BCUT2D eigenvalue weighted by Gasteiger charge is -2.45. The Morgan fingerprint density at radius 2 is 2.04 bits per heavy atom. The molecule has 2 bridgehead atoms. The minimum absolute atomic E-state index is 0.178. The molecule has 0 atom stereocenters. The number of aromatic nitrogens is 1. The SMILES string of the molecule is Cc1ccc2ncccc2c1NC(=O)CC12CCCC(CCC1)C2. The van der Waals surface area contributed by atoms with Gasteiger partial charge in [-0.15, -0.1) is 0 Å². The van der Waals surface area contributed by atoms with Gasteiger partial charge in [-0.05, 0) is 61.3 Å². The second kappa shape index (κ2) is 6.19. The van der Waals surface area contributed by atoms with Gasteiger partial charge in [0.1, 0.15) is 0 Å². The lowest BCUT2D eigenvalue weighted by atomic mass is 9.60. The standard InChI is InChI=1S/C21H26N2O/c1-15-8-9-18-17(7-4-12-22-18)20(15)23-19(24)14-21-10-2-5-16(13-21)6-3-11-21/h4,7-9,12,16H,2-3,5-6,10-11,13-14H2,1H3,(H,23,24). The number of nitrogens with one attached hydrogen (secondary N) is 1. The number of carbonyl (C=O) groups is 1. The molecule has 0 saturated heterocycles. The van der Waals surface area contributed by atoms with Gasteiger partial charge in [0.2, 0.25) is 5.91 Å². The fraction of sp³-hybridized carbons (Fsp3) is 0.524. The van der Waals surface area contributed by atoms with E-state index in [2.05, 4.69) is 17.2 Å². The zero-order valence-corrected chi connectivity index (χ0v) is 14.5. The Morgan fingerprint density at radius 3 is 2.83 bits per heavy atom. The number of benzene rings is 1. The topological polar surface area (TPSA) is 42.0 Å². The van der Waals surface area contributed by atoms with Crippen molar-refractivity contribution >= 4 is 22.5 Å². The molecule has 2 fully saturated rings. The van der Waals surface area contributed by atoms with Crippen molar-refractivity contribution in [1.82, 2.24) is 4.98 Å². The highest BCUT2D eigenvalue weighted by Crippen LogP contribution is 2.51. The maximum absolute atomic E-state index is 12.8. The fourth-order valence-corrected chi connectivity index (χ4v) is 5.02. The fourth-order valence-electron chi connectivity index (χ4n) is 5.02. The quantitative estimate of drug-likeness (QED) is 0.840. The molecular weight excluding hydrogens is 296 g/mol. The third-order valence-electron chi connectivity index (χ3n) is 6.15. The molecule has 3 nitrogen and oxygen atoms in total. The van der Waals surface area contributed by atoms with Crippen LogP contribution in [0.15, 0.2) is 30.5 Å². The van der Waals surface area contributed by atoms with Gasteiger partial charge in [0.25, 0.3) is 0 Å². The molecule has 2 saturated carbocycles. The van der Waals surface area contributed by atoms with Crippen molar-refractivity contribution in [2.45, 2.75) is 58.3 Å². The summed E-state index contributed by atoms with van der Waals surface area (Å²) in [4.78, 5) is 17.2. The molecule has 2 aliphatic carbocycles. The number of carbonyl (C=O) groups excluding carboxylic acids is 1. The third-order valence-corrected chi connectivity index (χ3v) is 6.15. The van der Waals surface area contributed by atoms with Crippen LogP contribution in [0.4, 0.5) is 5.69 Å². The maximum Gasteiger partial charge on any atom is 0.224 e. The number of anilines is 1. The minimum Gasteiger partial charge on any atom is -0.325 e. The van der Waals surface area contributed by atoms with Crippen LogP contribution in [0.1, 0.15) is 56.9 Å². The van der Waals surface area contributed by atoms with E-state index in [-0.39, 0.29) is 11.3 Å². The lowest BCUT2D eigenvalue weighted by molar-refractivity contribution is -0.120. The van der Waals surface area contributed by atoms with Crippen LogP contribution in [-0.2, 0) is 4.79 Å². The smallest absolute Gasteiger partial charge is 0.224 e. The van der Waals surface area contributed by atoms with Gasteiger partial charge in [-0.1, -0.05) is 31.7 Å². The van der Waals surface area contributed by atoms with Crippen molar-refractivity contribution in [2.24, 2.45) is 11.3 Å². The molecule has 1 amide bonds. The summed E-state index contributed by atoms with van der Waals surface area (Å²) in [6.07, 6.45) is 11.5. The van der Waals surface area contributed by atoms with Crippen molar-refractivity contribution in [2.75, 3.05) is 5.32 Å². The van der Waals surface area contributed by atoms with Gasteiger partial charge in [-0.2, -0.15) is 0 Å². The van der Waals surface area contributed by atoms with Crippen molar-refractivity contribution in [3.63, 3.8) is 0 Å². The molecule has 1 aromatic heterocycles. The van der Waals surface area contributed by atoms with Gasteiger partial charge in [-0.25, -0.2) is 0 Å². The molecule has 1 N–H and O–H groups in total. The van der Waals surface area contributed by atoms with E-state index in [4.69, 9.17) is 0 Å². The Labute approximate surface area is 143 Å². The summed E-state index contributed by atoms with van der Waals surface area (Å²) in [7, 11) is 0. The first kappa shape index (κ1) is 15.6. The molecule has 1 heterocycles. The Kier molecular flexibility index (Phi) is 4.03. The van der Waals surface area contributed by atoms with Crippen molar-refractivity contribution < 1.29 is 4.79 Å². The summed E-state index contributed by atoms with van der Waals surface area (Å²) >= 11 is 0. The van der Waals surface area contributed by atoms with Crippen molar-refractivity contribution in [3.05, 3.63) is 36.0 Å². The number of rotatable bonds is 3. The van der Waals surface area contributed by atoms with Crippen LogP contribution in [0.3, 0.4) is 0 Å². The van der Waals surface area contributed by atoms with Gasteiger partial charge >= 0.3 is 0 Å². The number of hydrogen-bond donors (Lipinski definition) is 1. The highest BCUT2D eigenvalue weighted by molar-refractivity contribution is 6.02. The van der Waals surface area contributed by atoms with E-state index >= 15 is 0 Å². The summed E-state index contributed by atoms with van der Waals surface area (Å²) < 4.78 is 0. The van der Waals surface area contributed by atoms with Gasteiger partial charge in [0.05, 0.1) is 11.2 Å². The van der Waals surface area contributed by atoms with Crippen molar-refractivity contribution in [1.29, 1.82) is 0 Å². The molecule has 4 rings (SSSR count). The van der Waals surface area contributed by atoms with Crippen LogP contribution in [0.5, 0.6) is 0 Å². The van der Waals surface area contributed by atoms with Gasteiger partial charge in [0, 0.05) is 18.0 Å². The zero-order chi connectivity index (χ0) is 16.6. The van der Waals surface area contributed by atoms with Gasteiger partial charge in [-0.3, -0.25) is 9.78 Å². The van der Waals surface area contributed by atoms with E-state index in [1.807, 2.05) is 24.3 Å². The number of hydrogen-bond acceptors (Lipinski definition) is 2. The molecule has 126 valence electrons. The van der Waals surface area contributed by atoms with E-state index in [0.717, 1.165) is 28.1 Å². The van der Waals surface area contributed by atoms with E-state index < -0.39 is 0 Å². The Hall–Kier alpha value is -1.90. The van der Waals surface area contributed by atoms with Crippen molar-refractivity contribution in [3.8, 4) is 0 Å². The normalized spacial score (nSPS) is 26.3. The van der Waals surface area contributed by atoms with Crippen LogP contribution in [-0.4, -0.2) is 10.9 Å². The Bertz CT molecular complexity index is 758. The second-order valence-corrected chi connectivity index (χ2v) is 7.91. The summed E-state index contributed by atoms with van der Waals surface area (Å²) in [5.74, 6) is 1.04. The lowest BCUT2D eigenvalue weighted by Crippen LogP contribution is -2.36. The predicted octanol–water partition coefficient (Wildman–Crippen LogP) is 5.23. The first-order chi connectivity index (χ1) is 11.7.